The lowest BCUT2D eigenvalue weighted by molar-refractivity contribution is -0.384. The van der Waals surface area contributed by atoms with Gasteiger partial charge in [-0.15, -0.1) is 0 Å². The van der Waals surface area contributed by atoms with Gasteiger partial charge in [0.05, 0.1) is 10.6 Å². The first kappa shape index (κ1) is 15.5. The molecule has 6 nitrogen and oxygen atoms in total. The molecule has 0 aliphatic carbocycles. The molecule has 2 heterocycles. The van der Waals surface area contributed by atoms with Gasteiger partial charge in [-0.3, -0.25) is 19.9 Å². The number of carbonyl (C=O) groups is 1. The fraction of sp³-hybridized carbons (Fsp3) is 0.263. The fourth-order valence-electron chi connectivity index (χ4n) is 3.54. The first-order chi connectivity index (χ1) is 12.1. The van der Waals surface area contributed by atoms with E-state index < -0.39 is 0 Å². The predicted octanol–water partition coefficient (Wildman–Crippen LogP) is 3.23. The monoisotopic (exact) mass is 335 g/mol. The van der Waals surface area contributed by atoms with Gasteiger partial charge in [-0.05, 0) is 18.9 Å². The van der Waals surface area contributed by atoms with Crippen molar-refractivity contribution in [2.75, 3.05) is 24.5 Å². The Balaban J connectivity index is 1.80. The second kappa shape index (κ2) is 6.12. The lowest BCUT2D eigenvalue weighted by Gasteiger charge is -2.19. The number of nitro benzene ring substituents is 1. The van der Waals surface area contributed by atoms with Gasteiger partial charge in [-0.25, -0.2) is 0 Å². The highest BCUT2D eigenvalue weighted by Crippen LogP contribution is 2.33. The number of hydrogen-bond donors (Lipinski definition) is 0. The highest BCUT2D eigenvalue weighted by atomic mass is 16.6. The maximum Gasteiger partial charge on any atom is 0.293 e. The minimum absolute atomic E-state index is 0.0254. The topological polar surface area (TPSA) is 75.8 Å². The van der Waals surface area contributed by atoms with E-state index in [9.17, 15) is 14.9 Å². The molecule has 0 radical (unpaired) electrons. The molecule has 2 aliphatic heterocycles. The Hall–Kier alpha value is -3.02. The van der Waals surface area contributed by atoms with E-state index in [4.69, 9.17) is 0 Å². The lowest BCUT2D eigenvalue weighted by atomic mass is 9.92. The van der Waals surface area contributed by atoms with E-state index in [-0.39, 0.29) is 22.9 Å². The predicted molar refractivity (Wildman–Crippen MR) is 95.8 cm³/mol. The number of nitro groups is 1. The summed E-state index contributed by atoms with van der Waals surface area (Å²) in [4.78, 5) is 29.7. The van der Waals surface area contributed by atoms with Gasteiger partial charge in [0.1, 0.15) is 12.2 Å². The summed E-state index contributed by atoms with van der Waals surface area (Å²) in [6.45, 7) is 1.77. The molecular weight excluding hydrogens is 318 g/mol. The normalized spacial score (nSPS) is 16.6. The van der Waals surface area contributed by atoms with Crippen molar-refractivity contribution in [1.82, 2.24) is 0 Å². The molecule has 0 atom stereocenters. The molecule has 1 saturated heterocycles. The van der Waals surface area contributed by atoms with Crippen molar-refractivity contribution in [2.24, 2.45) is 4.99 Å². The van der Waals surface area contributed by atoms with Crippen LogP contribution in [0.3, 0.4) is 0 Å². The SMILES string of the molecule is O=C1CN=C(c2ccc(N3CCCC3)c([N+](=O)[O-])c2)c2ccccc21. The molecule has 0 bridgehead atoms. The Labute approximate surface area is 145 Å². The van der Waals surface area contributed by atoms with Crippen molar-refractivity contribution >= 4 is 22.9 Å². The third kappa shape index (κ3) is 2.69. The summed E-state index contributed by atoms with van der Waals surface area (Å²) in [5, 5.41) is 11.6. The summed E-state index contributed by atoms with van der Waals surface area (Å²) >= 11 is 0. The molecular formula is C19H17N3O3. The van der Waals surface area contributed by atoms with Gasteiger partial charge in [-0.2, -0.15) is 0 Å². The molecule has 126 valence electrons. The van der Waals surface area contributed by atoms with Crippen LogP contribution in [0.2, 0.25) is 0 Å². The molecule has 0 aromatic heterocycles. The maximum absolute atomic E-state index is 12.0. The molecule has 0 N–H and O–H groups in total. The summed E-state index contributed by atoms with van der Waals surface area (Å²) in [6, 6.07) is 12.5. The molecule has 0 amide bonds. The van der Waals surface area contributed by atoms with Gasteiger partial charge in [-0.1, -0.05) is 30.3 Å². The van der Waals surface area contributed by atoms with Crippen LogP contribution >= 0.6 is 0 Å². The highest BCUT2D eigenvalue weighted by molar-refractivity contribution is 6.22. The number of ketones is 1. The maximum atomic E-state index is 12.0. The number of rotatable bonds is 3. The van der Waals surface area contributed by atoms with E-state index in [1.54, 1.807) is 18.2 Å². The number of nitrogens with zero attached hydrogens (tertiary/aromatic N) is 3. The zero-order valence-electron chi connectivity index (χ0n) is 13.6. The van der Waals surface area contributed by atoms with Crippen molar-refractivity contribution < 1.29 is 9.72 Å². The van der Waals surface area contributed by atoms with Crippen LogP contribution in [0, 0.1) is 10.1 Å². The van der Waals surface area contributed by atoms with Crippen LogP contribution in [0.15, 0.2) is 47.5 Å². The molecule has 25 heavy (non-hydrogen) atoms. The lowest BCUT2D eigenvalue weighted by Crippen LogP contribution is -2.21. The summed E-state index contributed by atoms with van der Waals surface area (Å²) in [5.41, 5.74) is 3.44. The van der Waals surface area contributed by atoms with Crippen LogP contribution in [0.25, 0.3) is 0 Å². The van der Waals surface area contributed by atoms with Crippen molar-refractivity contribution in [3.63, 3.8) is 0 Å². The van der Waals surface area contributed by atoms with Gasteiger partial charge < -0.3 is 4.90 Å². The van der Waals surface area contributed by atoms with Crippen molar-refractivity contribution in [2.45, 2.75) is 12.8 Å². The Morgan fingerprint density at radius 2 is 1.76 bits per heavy atom. The van der Waals surface area contributed by atoms with Crippen molar-refractivity contribution in [3.05, 3.63) is 69.3 Å². The molecule has 0 unspecified atom stereocenters. The van der Waals surface area contributed by atoms with Crippen LogP contribution in [0.5, 0.6) is 0 Å². The standard InChI is InChI=1S/C19H17N3O3/c23-18-12-20-19(15-6-2-1-5-14(15)18)13-7-8-16(17(11-13)22(24)25)21-9-3-4-10-21/h1-2,5-8,11H,3-4,9-10,12H2. The summed E-state index contributed by atoms with van der Waals surface area (Å²) < 4.78 is 0. The quantitative estimate of drug-likeness (QED) is 0.637. The van der Waals surface area contributed by atoms with Gasteiger partial charge in [0.2, 0.25) is 0 Å². The largest absolute Gasteiger partial charge is 0.366 e. The number of aliphatic imine (C=N–C) groups is 1. The van der Waals surface area contributed by atoms with E-state index in [0.717, 1.165) is 31.5 Å². The Morgan fingerprint density at radius 3 is 2.48 bits per heavy atom. The Morgan fingerprint density at radius 1 is 1.04 bits per heavy atom. The summed E-state index contributed by atoms with van der Waals surface area (Å²) in [5.74, 6) is -0.0254. The number of benzene rings is 2. The number of Topliss-reactive ketones (excluding diaryl/α,β-unsaturated/α-hetero) is 1. The average Bonchev–Trinajstić information content (AvgIpc) is 3.16. The van der Waals surface area contributed by atoms with E-state index in [2.05, 4.69) is 9.89 Å². The molecule has 2 aromatic rings. The van der Waals surface area contributed by atoms with E-state index >= 15 is 0 Å². The molecule has 2 aromatic carbocycles. The third-order valence-corrected chi connectivity index (χ3v) is 4.76. The van der Waals surface area contributed by atoms with Crippen LogP contribution in [0.1, 0.15) is 34.3 Å². The fourth-order valence-corrected chi connectivity index (χ4v) is 3.54. The van der Waals surface area contributed by atoms with Gasteiger partial charge in [0, 0.05) is 35.8 Å². The Bertz CT molecular complexity index is 899. The minimum atomic E-state index is -0.336. The molecule has 6 heteroatoms. The number of fused-ring (bicyclic) bond motifs is 1. The highest BCUT2D eigenvalue weighted by Gasteiger charge is 2.26. The van der Waals surface area contributed by atoms with Crippen molar-refractivity contribution in [1.29, 1.82) is 0 Å². The van der Waals surface area contributed by atoms with Crippen LogP contribution < -0.4 is 4.90 Å². The second-order valence-electron chi connectivity index (χ2n) is 6.29. The zero-order valence-corrected chi connectivity index (χ0v) is 13.6. The first-order valence-corrected chi connectivity index (χ1v) is 8.36. The minimum Gasteiger partial charge on any atom is -0.366 e. The third-order valence-electron chi connectivity index (χ3n) is 4.76. The van der Waals surface area contributed by atoms with E-state index in [0.29, 0.717) is 22.5 Å². The van der Waals surface area contributed by atoms with Gasteiger partial charge in [0.25, 0.3) is 5.69 Å². The molecule has 1 fully saturated rings. The van der Waals surface area contributed by atoms with Gasteiger partial charge in [0.15, 0.2) is 5.78 Å². The van der Waals surface area contributed by atoms with Crippen molar-refractivity contribution in [3.8, 4) is 0 Å². The smallest absolute Gasteiger partial charge is 0.293 e. The van der Waals surface area contributed by atoms with Crippen LogP contribution in [-0.2, 0) is 0 Å². The summed E-state index contributed by atoms with van der Waals surface area (Å²) in [7, 11) is 0. The second-order valence-corrected chi connectivity index (χ2v) is 6.29. The molecule has 0 spiro atoms. The average molecular weight is 335 g/mol. The number of anilines is 1. The summed E-state index contributed by atoms with van der Waals surface area (Å²) in [6.07, 6.45) is 2.11. The molecule has 4 rings (SSSR count). The number of carbonyl (C=O) groups excluding carboxylic acids is 1. The van der Waals surface area contributed by atoms with Crippen LogP contribution in [-0.4, -0.2) is 36.1 Å². The number of hydrogen-bond acceptors (Lipinski definition) is 5. The first-order valence-electron chi connectivity index (χ1n) is 8.36. The van der Waals surface area contributed by atoms with Gasteiger partial charge >= 0.3 is 0 Å². The van der Waals surface area contributed by atoms with E-state index in [1.165, 1.54) is 0 Å². The Kier molecular flexibility index (Phi) is 3.80. The van der Waals surface area contributed by atoms with Crippen LogP contribution in [0.4, 0.5) is 11.4 Å². The molecule has 2 aliphatic rings. The molecule has 0 saturated carbocycles. The van der Waals surface area contributed by atoms with E-state index in [1.807, 2.05) is 24.3 Å². The zero-order chi connectivity index (χ0) is 17.4.